The van der Waals surface area contributed by atoms with Crippen molar-refractivity contribution in [2.45, 2.75) is 33.5 Å². The lowest BCUT2D eigenvalue weighted by Gasteiger charge is -2.15. The zero-order valence-corrected chi connectivity index (χ0v) is 11.1. The van der Waals surface area contributed by atoms with Crippen molar-refractivity contribution in [2.75, 3.05) is 6.54 Å². The van der Waals surface area contributed by atoms with Crippen LogP contribution in [0, 0.1) is 5.92 Å². The van der Waals surface area contributed by atoms with Gasteiger partial charge in [0.25, 0.3) is 5.91 Å². The Kier molecular flexibility index (Phi) is 5.65. The van der Waals surface area contributed by atoms with E-state index in [0.717, 1.165) is 5.56 Å². The summed E-state index contributed by atoms with van der Waals surface area (Å²) in [5.74, 6) is 0.930. The Morgan fingerprint density at radius 3 is 2.39 bits per heavy atom. The molecular weight excluding hydrogens is 230 g/mol. The van der Waals surface area contributed by atoms with E-state index in [4.69, 9.17) is 9.84 Å². The average molecular weight is 251 g/mol. The third-order valence-corrected chi connectivity index (χ3v) is 2.47. The van der Waals surface area contributed by atoms with Gasteiger partial charge in [0.15, 0.2) is 6.10 Å². The number of nitrogens with one attached hydrogen (secondary N) is 1. The molecule has 4 nitrogen and oxygen atoms in total. The normalized spacial score (nSPS) is 12.3. The van der Waals surface area contributed by atoms with Gasteiger partial charge in [-0.2, -0.15) is 0 Å². The summed E-state index contributed by atoms with van der Waals surface area (Å²) in [7, 11) is 0. The number of carbonyl (C=O) groups excluding carboxylic acids is 1. The quantitative estimate of drug-likeness (QED) is 0.809. The topological polar surface area (TPSA) is 58.6 Å². The maximum atomic E-state index is 11.7. The van der Waals surface area contributed by atoms with E-state index in [1.807, 2.05) is 13.8 Å². The molecule has 0 saturated carbocycles. The highest BCUT2D eigenvalue weighted by Crippen LogP contribution is 2.13. The molecule has 0 aliphatic carbocycles. The molecule has 1 rings (SSSR count). The van der Waals surface area contributed by atoms with Crippen LogP contribution in [0.3, 0.4) is 0 Å². The number of benzene rings is 1. The van der Waals surface area contributed by atoms with Gasteiger partial charge in [0, 0.05) is 6.54 Å². The van der Waals surface area contributed by atoms with Gasteiger partial charge in [-0.3, -0.25) is 4.79 Å². The van der Waals surface area contributed by atoms with Crippen LogP contribution in [-0.4, -0.2) is 23.7 Å². The second kappa shape index (κ2) is 7.01. The number of ether oxygens (including phenoxy) is 1. The molecule has 1 atom stereocenters. The molecular formula is C14H21NO3. The largest absolute Gasteiger partial charge is 0.481 e. The highest BCUT2D eigenvalue weighted by Gasteiger charge is 2.14. The molecule has 2 N–H and O–H groups in total. The molecule has 0 spiro atoms. The van der Waals surface area contributed by atoms with Gasteiger partial charge in [-0.05, 0) is 30.5 Å². The minimum Gasteiger partial charge on any atom is -0.481 e. The molecule has 1 amide bonds. The molecule has 0 aromatic heterocycles. The summed E-state index contributed by atoms with van der Waals surface area (Å²) in [5.41, 5.74) is 0.819. The number of carbonyl (C=O) groups is 1. The van der Waals surface area contributed by atoms with Gasteiger partial charge in [-0.1, -0.05) is 26.0 Å². The first-order chi connectivity index (χ1) is 8.52. The SMILES string of the molecule is CC(C)CNC(=O)C(C)Oc1ccc(CO)cc1. The fraction of sp³-hybridized carbons (Fsp3) is 0.500. The molecule has 100 valence electrons. The lowest BCUT2D eigenvalue weighted by atomic mass is 10.2. The Balaban J connectivity index is 2.47. The fourth-order valence-corrected chi connectivity index (χ4v) is 1.38. The summed E-state index contributed by atoms with van der Waals surface area (Å²) in [6.45, 7) is 6.45. The monoisotopic (exact) mass is 251 g/mol. The molecule has 1 aromatic rings. The first-order valence-electron chi connectivity index (χ1n) is 6.17. The van der Waals surface area contributed by atoms with Crippen LogP contribution < -0.4 is 10.1 Å². The second-order valence-corrected chi connectivity index (χ2v) is 4.70. The second-order valence-electron chi connectivity index (χ2n) is 4.70. The van der Waals surface area contributed by atoms with Crippen molar-refractivity contribution in [3.05, 3.63) is 29.8 Å². The van der Waals surface area contributed by atoms with Crippen molar-refractivity contribution in [1.82, 2.24) is 5.32 Å². The molecule has 0 aliphatic rings. The maximum Gasteiger partial charge on any atom is 0.260 e. The zero-order valence-electron chi connectivity index (χ0n) is 11.1. The summed E-state index contributed by atoms with van der Waals surface area (Å²) in [6.07, 6.45) is -0.524. The molecule has 4 heteroatoms. The molecule has 0 fully saturated rings. The highest BCUT2D eigenvalue weighted by atomic mass is 16.5. The lowest BCUT2D eigenvalue weighted by molar-refractivity contribution is -0.127. The van der Waals surface area contributed by atoms with E-state index < -0.39 is 6.10 Å². The van der Waals surface area contributed by atoms with Crippen LogP contribution in [0.2, 0.25) is 0 Å². The Bertz CT molecular complexity index is 373. The first kappa shape index (κ1) is 14.5. The number of hydrogen-bond acceptors (Lipinski definition) is 3. The van der Waals surface area contributed by atoms with Crippen molar-refractivity contribution >= 4 is 5.91 Å². The van der Waals surface area contributed by atoms with Crippen LogP contribution in [0.4, 0.5) is 0 Å². The third kappa shape index (κ3) is 4.75. The lowest BCUT2D eigenvalue weighted by Crippen LogP contribution is -2.38. The number of aliphatic hydroxyl groups excluding tert-OH is 1. The highest BCUT2D eigenvalue weighted by molar-refractivity contribution is 5.80. The molecule has 18 heavy (non-hydrogen) atoms. The number of hydrogen-bond donors (Lipinski definition) is 2. The molecule has 0 heterocycles. The Morgan fingerprint density at radius 1 is 1.28 bits per heavy atom. The molecule has 1 aromatic carbocycles. The van der Waals surface area contributed by atoms with Crippen LogP contribution in [0.1, 0.15) is 26.3 Å². The van der Waals surface area contributed by atoms with Crippen LogP contribution in [0.25, 0.3) is 0 Å². The molecule has 0 aliphatic heterocycles. The minimum atomic E-state index is -0.524. The first-order valence-corrected chi connectivity index (χ1v) is 6.17. The van der Waals surface area contributed by atoms with E-state index in [-0.39, 0.29) is 12.5 Å². The molecule has 0 radical (unpaired) electrons. The Labute approximate surface area is 108 Å². The van der Waals surface area contributed by atoms with Crippen molar-refractivity contribution < 1.29 is 14.6 Å². The summed E-state index contributed by atoms with van der Waals surface area (Å²) >= 11 is 0. The Hall–Kier alpha value is -1.55. The van der Waals surface area contributed by atoms with E-state index in [9.17, 15) is 4.79 Å². The molecule has 1 unspecified atom stereocenters. The van der Waals surface area contributed by atoms with Gasteiger partial charge >= 0.3 is 0 Å². The summed E-state index contributed by atoms with van der Waals surface area (Å²) in [6, 6.07) is 7.04. The summed E-state index contributed by atoms with van der Waals surface area (Å²) in [4.78, 5) is 11.7. The van der Waals surface area contributed by atoms with Gasteiger partial charge < -0.3 is 15.2 Å². The van der Waals surface area contributed by atoms with Crippen molar-refractivity contribution in [3.8, 4) is 5.75 Å². The van der Waals surface area contributed by atoms with Gasteiger partial charge in [0.2, 0.25) is 0 Å². The van der Waals surface area contributed by atoms with Crippen molar-refractivity contribution in [2.24, 2.45) is 5.92 Å². The van der Waals surface area contributed by atoms with E-state index in [1.165, 1.54) is 0 Å². The Morgan fingerprint density at radius 2 is 1.89 bits per heavy atom. The summed E-state index contributed by atoms with van der Waals surface area (Å²) in [5, 5.41) is 11.7. The molecule has 0 bridgehead atoms. The van der Waals surface area contributed by atoms with Crippen LogP contribution in [-0.2, 0) is 11.4 Å². The smallest absolute Gasteiger partial charge is 0.260 e. The van der Waals surface area contributed by atoms with Gasteiger partial charge in [0.05, 0.1) is 6.61 Å². The molecule has 0 saturated heterocycles. The number of amides is 1. The predicted octanol–water partition coefficient (Wildman–Crippen LogP) is 1.72. The minimum absolute atomic E-state index is 0.00467. The van der Waals surface area contributed by atoms with Crippen LogP contribution in [0.15, 0.2) is 24.3 Å². The predicted molar refractivity (Wildman–Crippen MR) is 70.3 cm³/mol. The van der Waals surface area contributed by atoms with E-state index in [1.54, 1.807) is 31.2 Å². The van der Waals surface area contributed by atoms with Gasteiger partial charge in [-0.25, -0.2) is 0 Å². The standard InChI is InChI=1S/C14H21NO3/c1-10(2)8-15-14(17)11(3)18-13-6-4-12(9-16)5-7-13/h4-7,10-11,16H,8-9H2,1-3H3,(H,15,17). The average Bonchev–Trinajstić information content (AvgIpc) is 2.36. The van der Waals surface area contributed by atoms with Crippen LogP contribution in [0.5, 0.6) is 5.75 Å². The van der Waals surface area contributed by atoms with Crippen LogP contribution >= 0.6 is 0 Å². The van der Waals surface area contributed by atoms with E-state index in [2.05, 4.69) is 5.32 Å². The number of rotatable bonds is 6. The van der Waals surface area contributed by atoms with E-state index >= 15 is 0 Å². The zero-order chi connectivity index (χ0) is 13.5. The number of aliphatic hydroxyl groups is 1. The van der Waals surface area contributed by atoms with Crippen molar-refractivity contribution in [1.29, 1.82) is 0 Å². The van der Waals surface area contributed by atoms with E-state index in [0.29, 0.717) is 18.2 Å². The third-order valence-electron chi connectivity index (χ3n) is 2.47. The van der Waals surface area contributed by atoms with Crippen molar-refractivity contribution in [3.63, 3.8) is 0 Å². The summed E-state index contributed by atoms with van der Waals surface area (Å²) < 4.78 is 5.51. The van der Waals surface area contributed by atoms with Gasteiger partial charge in [0.1, 0.15) is 5.75 Å². The van der Waals surface area contributed by atoms with Gasteiger partial charge in [-0.15, -0.1) is 0 Å². The fourth-order valence-electron chi connectivity index (χ4n) is 1.38. The maximum absolute atomic E-state index is 11.7.